The van der Waals surface area contributed by atoms with Crippen LogP contribution in [0.4, 0.5) is 0 Å². The number of aromatic nitrogens is 3. The number of nitrogens with zero attached hydrogens (tertiary/aromatic N) is 3. The maximum atomic E-state index is 9.39. The molecule has 1 unspecified atom stereocenters. The molecule has 0 aliphatic rings. The molecule has 2 aromatic heterocycles. The summed E-state index contributed by atoms with van der Waals surface area (Å²) in [5.74, 6) is 0. The summed E-state index contributed by atoms with van der Waals surface area (Å²) in [5, 5.41) is 9.39. The van der Waals surface area contributed by atoms with Crippen LogP contribution in [0.1, 0.15) is 30.6 Å². The zero-order chi connectivity index (χ0) is 12.6. The Bertz CT molecular complexity index is 546. The molecule has 0 amide bonds. The maximum Gasteiger partial charge on any atom is 0.159 e. The van der Waals surface area contributed by atoms with Crippen LogP contribution < -0.4 is 0 Å². The summed E-state index contributed by atoms with van der Waals surface area (Å²) < 4.78 is 2.81. The van der Waals surface area contributed by atoms with Crippen molar-refractivity contribution < 1.29 is 5.11 Å². The van der Waals surface area contributed by atoms with Gasteiger partial charge in [0.2, 0.25) is 0 Å². The molecule has 4 nitrogen and oxygen atoms in total. The monoisotopic (exact) mass is 297 g/mol. The van der Waals surface area contributed by atoms with Crippen LogP contribution in [-0.2, 0) is 0 Å². The van der Waals surface area contributed by atoms with Crippen LogP contribution in [0.5, 0.6) is 0 Å². The van der Waals surface area contributed by atoms with Crippen LogP contribution in [0.2, 0.25) is 0 Å². The Labute approximate surface area is 109 Å². The Morgan fingerprint density at radius 1 is 1.41 bits per heavy atom. The molecule has 0 saturated carbocycles. The van der Waals surface area contributed by atoms with Crippen LogP contribution in [-0.4, -0.2) is 26.2 Å². The van der Waals surface area contributed by atoms with Gasteiger partial charge in [0.15, 0.2) is 5.65 Å². The number of hydrogen-bond acceptors (Lipinski definition) is 3. The Balaban J connectivity index is 2.69. The Hall–Kier alpha value is -0.940. The number of aliphatic hydroxyl groups is 1. The number of aliphatic hydroxyl groups excluding tert-OH is 1. The molecule has 2 heterocycles. The van der Waals surface area contributed by atoms with Crippen LogP contribution in [0, 0.1) is 13.8 Å². The average molecular weight is 298 g/mol. The van der Waals surface area contributed by atoms with Gasteiger partial charge < -0.3 is 9.67 Å². The van der Waals surface area contributed by atoms with Crippen molar-refractivity contribution in [2.75, 3.05) is 6.61 Å². The number of hydrogen-bond donors (Lipinski definition) is 1. The third kappa shape index (κ3) is 2.09. The van der Waals surface area contributed by atoms with Crippen molar-refractivity contribution in [1.82, 2.24) is 14.5 Å². The zero-order valence-corrected chi connectivity index (χ0v) is 11.8. The lowest BCUT2D eigenvalue weighted by atomic mass is 10.2. The number of rotatable bonds is 3. The Kier molecular flexibility index (Phi) is 3.49. The molecule has 5 heteroatoms. The lowest BCUT2D eigenvalue weighted by molar-refractivity contribution is 0.227. The van der Waals surface area contributed by atoms with E-state index in [9.17, 15) is 5.11 Å². The van der Waals surface area contributed by atoms with Gasteiger partial charge >= 0.3 is 0 Å². The summed E-state index contributed by atoms with van der Waals surface area (Å²) in [6.07, 6.45) is 2.89. The predicted octanol–water partition coefficient (Wildman–Crippen LogP) is 2.75. The van der Waals surface area contributed by atoms with Gasteiger partial charge in [-0.1, -0.05) is 6.92 Å². The molecule has 0 saturated heterocycles. The SMILES string of the molecule is CCC(CO)n1cc(C)c2nc(Br)c(C)nc21. The van der Waals surface area contributed by atoms with Crippen molar-refractivity contribution in [1.29, 1.82) is 0 Å². The molecule has 0 aromatic carbocycles. The summed E-state index contributed by atoms with van der Waals surface area (Å²) >= 11 is 3.40. The topological polar surface area (TPSA) is 50.9 Å². The Morgan fingerprint density at radius 3 is 2.71 bits per heavy atom. The van der Waals surface area contributed by atoms with Crippen molar-refractivity contribution in [3.05, 3.63) is 22.1 Å². The summed E-state index contributed by atoms with van der Waals surface area (Å²) in [6.45, 7) is 6.11. The van der Waals surface area contributed by atoms with Crippen molar-refractivity contribution in [3.8, 4) is 0 Å². The van der Waals surface area contributed by atoms with E-state index in [4.69, 9.17) is 0 Å². The standard InChI is InChI=1S/C12H16BrN3O/c1-4-9(6-17)16-5-7(2)10-12(16)14-8(3)11(13)15-10/h5,9,17H,4,6H2,1-3H3. The van der Waals surface area contributed by atoms with E-state index in [0.717, 1.165) is 33.4 Å². The first-order valence-electron chi connectivity index (χ1n) is 5.70. The summed E-state index contributed by atoms with van der Waals surface area (Å²) in [4.78, 5) is 9.05. The highest BCUT2D eigenvalue weighted by Gasteiger charge is 2.16. The highest BCUT2D eigenvalue weighted by atomic mass is 79.9. The van der Waals surface area contributed by atoms with Crippen molar-refractivity contribution in [3.63, 3.8) is 0 Å². The van der Waals surface area contributed by atoms with E-state index in [1.807, 2.05) is 24.6 Å². The molecule has 1 N–H and O–H groups in total. The van der Waals surface area contributed by atoms with E-state index in [1.54, 1.807) is 0 Å². The molecule has 2 aromatic rings. The van der Waals surface area contributed by atoms with E-state index in [1.165, 1.54) is 0 Å². The molecule has 0 spiro atoms. The first-order valence-corrected chi connectivity index (χ1v) is 6.49. The van der Waals surface area contributed by atoms with Gasteiger partial charge in [-0.2, -0.15) is 0 Å². The van der Waals surface area contributed by atoms with Gasteiger partial charge in [-0.15, -0.1) is 0 Å². The molecule has 2 rings (SSSR count). The van der Waals surface area contributed by atoms with Crippen LogP contribution in [0.25, 0.3) is 11.2 Å². The van der Waals surface area contributed by atoms with Gasteiger partial charge in [-0.05, 0) is 41.8 Å². The first kappa shape index (κ1) is 12.5. The number of halogens is 1. The van der Waals surface area contributed by atoms with Gasteiger partial charge in [-0.3, -0.25) is 0 Å². The number of aryl methyl sites for hydroxylation is 2. The fraction of sp³-hybridized carbons (Fsp3) is 0.500. The van der Waals surface area contributed by atoms with Gasteiger partial charge in [0.25, 0.3) is 0 Å². The van der Waals surface area contributed by atoms with Crippen molar-refractivity contribution >= 4 is 27.1 Å². The fourth-order valence-electron chi connectivity index (χ4n) is 1.95. The minimum absolute atomic E-state index is 0.0704. The van der Waals surface area contributed by atoms with E-state index in [2.05, 4.69) is 32.8 Å². The summed E-state index contributed by atoms with van der Waals surface area (Å²) in [6, 6.07) is 0.0704. The van der Waals surface area contributed by atoms with E-state index < -0.39 is 0 Å². The molecule has 92 valence electrons. The van der Waals surface area contributed by atoms with E-state index in [0.29, 0.717) is 0 Å². The fourth-order valence-corrected chi connectivity index (χ4v) is 2.22. The zero-order valence-electron chi connectivity index (χ0n) is 10.2. The second kappa shape index (κ2) is 4.74. The first-order chi connectivity index (χ1) is 8.08. The second-order valence-electron chi connectivity index (χ2n) is 4.24. The highest BCUT2D eigenvalue weighted by molar-refractivity contribution is 9.10. The molecule has 0 aliphatic carbocycles. The van der Waals surface area contributed by atoms with Crippen LogP contribution in [0.15, 0.2) is 10.8 Å². The van der Waals surface area contributed by atoms with Gasteiger partial charge in [0.1, 0.15) is 10.1 Å². The van der Waals surface area contributed by atoms with Crippen molar-refractivity contribution in [2.24, 2.45) is 0 Å². The second-order valence-corrected chi connectivity index (χ2v) is 4.99. The average Bonchev–Trinajstić information content (AvgIpc) is 2.60. The molecular weight excluding hydrogens is 282 g/mol. The quantitative estimate of drug-likeness (QED) is 0.948. The predicted molar refractivity (Wildman–Crippen MR) is 71.1 cm³/mol. The normalized spacial score (nSPS) is 13.2. The van der Waals surface area contributed by atoms with Gasteiger partial charge in [0, 0.05) is 6.20 Å². The van der Waals surface area contributed by atoms with Crippen molar-refractivity contribution in [2.45, 2.75) is 33.2 Å². The molecule has 0 aliphatic heterocycles. The minimum atomic E-state index is 0.0704. The van der Waals surface area contributed by atoms with Gasteiger partial charge in [0.05, 0.1) is 18.3 Å². The summed E-state index contributed by atoms with van der Waals surface area (Å²) in [7, 11) is 0. The third-order valence-electron chi connectivity index (χ3n) is 3.02. The molecular formula is C12H16BrN3O. The lowest BCUT2D eigenvalue weighted by Gasteiger charge is -2.14. The van der Waals surface area contributed by atoms with E-state index >= 15 is 0 Å². The minimum Gasteiger partial charge on any atom is -0.394 e. The van der Waals surface area contributed by atoms with Crippen LogP contribution >= 0.6 is 15.9 Å². The highest BCUT2D eigenvalue weighted by Crippen LogP contribution is 2.25. The van der Waals surface area contributed by atoms with Crippen LogP contribution in [0.3, 0.4) is 0 Å². The Morgan fingerprint density at radius 2 is 2.12 bits per heavy atom. The molecule has 1 atom stereocenters. The van der Waals surface area contributed by atoms with E-state index in [-0.39, 0.29) is 12.6 Å². The molecule has 0 radical (unpaired) electrons. The molecule has 0 fully saturated rings. The lowest BCUT2D eigenvalue weighted by Crippen LogP contribution is -2.12. The smallest absolute Gasteiger partial charge is 0.159 e. The van der Waals surface area contributed by atoms with Gasteiger partial charge in [-0.25, -0.2) is 9.97 Å². The molecule has 17 heavy (non-hydrogen) atoms. The maximum absolute atomic E-state index is 9.39. The third-order valence-corrected chi connectivity index (χ3v) is 3.77. The molecule has 0 bridgehead atoms. The largest absolute Gasteiger partial charge is 0.394 e. The number of fused-ring (bicyclic) bond motifs is 1. The summed E-state index contributed by atoms with van der Waals surface area (Å²) in [5.41, 5.74) is 3.70.